The third kappa shape index (κ3) is 1.79. The molecule has 90 valence electrons. The second-order valence-corrected chi connectivity index (χ2v) is 4.65. The predicted molar refractivity (Wildman–Crippen MR) is 64.5 cm³/mol. The monoisotopic (exact) mass is 233 g/mol. The van der Waals surface area contributed by atoms with Gasteiger partial charge in [-0.25, -0.2) is 4.98 Å². The number of hydrogen-bond acceptors (Lipinski definition) is 4. The molecule has 1 aliphatic rings. The Morgan fingerprint density at radius 3 is 3.06 bits per heavy atom. The fourth-order valence-electron chi connectivity index (χ4n) is 2.24. The Labute approximate surface area is 97.9 Å². The number of H-pyrrole nitrogens is 1. The summed E-state index contributed by atoms with van der Waals surface area (Å²) in [5.41, 5.74) is 6.23. The Balaban J connectivity index is 1.90. The summed E-state index contributed by atoms with van der Waals surface area (Å²) in [6.45, 7) is 0.858. The van der Waals surface area contributed by atoms with Crippen LogP contribution in [0.25, 0.3) is 11.2 Å². The Morgan fingerprint density at radius 1 is 1.53 bits per heavy atom. The molecule has 0 unspecified atom stereocenters. The van der Waals surface area contributed by atoms with E-state index in [1.165, 1.54) is 19.3 Å². The molecule has 6 nitrogen and oxygen atoms in total. The molecule has 1 aliphatic carbocycles. The molecule has 6 heteroatoms. The van der Waals surface area contributed by atoms with Gasteiger partial charge in [-0.05, 0) is 12.3 Å². The molecule has 0 bridgehead atoms. The average Bonchev–Trinajstić information content (AvgIpc) is 2.59. The zero-order chi connectivity index (χ0) is 11.8. The van der Waals surface area contributed by atoms with E-state index < -0.39 is 0 Å². The normalized spacial score (nSPS) is 16.2. The smallest absolute Gasteiger partial charge is 0.280 e. The number of rotatable bonds is 3. The van der Waals surface area contributed by atoms with Crippen LogP contribution in [-0.2, 0) is 6.54 Å². The number of nitrogen functional groups attached to an aromatic ring is 1. The first kappa shape index (κ1) is 10.3. The topological polar surface area (TPSA) is 89.6 Å². The molecular formula is C11H15N5O. The van der Waals surface area contributed by atoms with E-state index in [1.807, 2.05) is 4.57 Å². The second kappa shape index (κ2) is 3.87. The molecular weight excluding hydrogens is 218 g/mol. The molecule has 0 amide bonds. The third-order valence-corrected chi connectivity index (χ3v) is 3.50. The van der Waals surface area contributed by atoms with Crippen molar-refractivity contribution in [2.75, 3.05) is 5.73 Å². The molecule has 0 atom stereocenters. The summed E-state index contributed by atoms with van der Waals surface area (Å²) in [5.74, 6) is 0.972. The molecule has 0 radical (unpaired) electrons. The fraction of sp³-hybridized carbons (Fsp3) is 0.545. The number of aromatic nitrogens is 4. The van der Waals surface area contributed by atoms with Gasteiger partial charge in [-0.1, -0.05) is 19.3 Å². The minimum atomic E-state index is -0.269. The number of nitrogens with one attached hydrogen (secondary N) is 1. The minimum absolute atomic E-state index is 0.146. The lowest BCUT2D eigenvalue weighted by Gasteiger charge is -2.25. The van der Waals surface area contributed by atoms with Crippen LogP contribution >= 0.6 is 0 Å². The largest absolute Gasteiger partial charge is 0.369 e. The van der Waals surface area contributed by atoms with Crippen LogP contribution in [0.1, 0.15) is 25.7 Å². The lowest BCUT2D eigenvalue weighted by Crippen LogP contribution is -2.15. The van der Waals surface area contributed by atoms with Gasteiger partial charge in [0.1, 0.15) is 0 Å². The highest BCUT2D eigenvalue weighted by Gasteiger charge is 2.17. The van der Waals surface area contributed by atoms with E-state index in [1.54, 1.807) is 6.33 Å². The summed E-state index contributed by atoms with van der Waals surface area (Å²) < 4.78 is 1.92. The number of nitrogens with zero attached hydrogens (tertiary/aromatic N) is 3. The number of hydrogen-bond donors (Lipinski definition) is 2. The first-order valence-electron chi connectivity index (χ1n) is 5.94. The number of nitrogens with two attached hydrogens (primary N) is 1. The van der Waals surface area contributed by atoms with Crippen LogP contribution < -0.4 is 11.3 Å². The van der Waals surface area contributed by atoms with E-state index in [4.69, 9.17) is 5.73 Å². The molecule has 2 aromatic heterocycles. The van der Waals surface area contributed by atoms with Crippen LogP contribution in [0.5, 0.6) is 0 Å². The molecule has 0 aliphatic heterocycles. The molecule has 2 aromatic rings. The molecule has 17 heavy (non-hydrogen) atoms. The standard InChI is InChI=1S/C11H15N5O/c12-11-14-9-8(10(17)15-11)13-6-16(9)5-4-7-2-1-3-7/h6-7H,1-5H2,(H3,12,14,15,17). The number of anilines is 1. The average molecular weight is 233 g/mol. The number of imidazole rings is 1. The van der Waals surface area contributed by atoms with Gasteiger partial charge in [-0.2, -0.15) is 4.98 Å². The maximum Gasteiger partial charge on any atom is 0.280 e. The van der Waals surface area contributed by atoms with E-state index in [9.17, 15) is 4.79 Å². The lowest BCUT2D eigenvalue weighted by molar-refractivity contribution is 0.283. The highest BCUT2D eigenvalue weighted by Crippen LogP contribution is 2.29. The van der Waals surface area contributed by atoms with Crippen LogP contribution in [0.3, 0.4) is 0 Å². The van der Waals surface area contributed by atoms with Crippen LogP contribution in [0, 0.1) is 5.92 Å². The highest BCUT2D eigenvalue weighted by molar-refractivity contribution is 5.70. The zero-order valence-electron chi connectivity index (χ0n) is 9.52. The van der Waals surface area contributed by atoms with Crippen molar-refractivity contribution in [2.24, 2.45) is 5.92 Å². The summed E-state index contributed by atoms with van der Waals surface area (Å²) in [6.07, 6.45) is 6.79. The summed E-state index contributed by atoms with van der Waals surface area (Å²) in [6, 6.07) is 0. The Morgan fingerprint density at radius 2 is 2.35 bits per heavy atom. The number of aromatic amines is 1. The van der Waals surface area contributed by atoms with Crippen molar-refractivity contribution in [3.05, 3.63) is 16.7 Å². The lowest BCUT2D eigenvalue weighted by atomic mass is 9.83. The van der Waals surface area contributed by atoms with Crippen LogP contribution in [0.15, 0.2) is 11.1 Å². The Hall–Kier alpha value is -1.85. The molecule has 0 saturated heterocycles. The highest BCUT2D eigenvalue weighted by atomic mass is 16.1. The van der Waals surface area contributed by atoms with Crippen molar-refractivity contribution in [2.45, 2.75) is 32.2 Å². The van der Waals surface area contributed by atoms with Crippen molar-refractivity contribution >= 4 is 17.1 Å². The molecule has 1 saturated carbocycles. The van der Waals surface area contributed by atoms with E-state index in [2.05, 4.69) is 15.0 Å². The maximum atomic E-state index is 11.6. The van der Waals surface area contributed by atoms with E-state index in [0.29, 0.717) is 11.2 Å². The summed E-state index contributed by atoms with van der Waals surface area (Å²) in [7, 11) is 0. The van der Waals surface area contributed by atoms with Crippen LogP contribution in [-0.4, -0.2) is 19.5 Å². The van der Waals surface area contributed by atoms with E-state index >= 15 is 0 Å². The van der Waals surface area contributed by atoms with Crippen LogP contribution in [0.2, 0.25) is 0 Å². The van der Waals surface area contributed by atoms with Crippen molar-refractivity contribution < 1.29 is 0 Å². The first-order valence-corrected chi connectivity index (χ1v) is 5.94. The van der Waals surface area contributed by atoms with Crippen molar-refractivity contribution in [1.82, 2.24) is 19.5 Å². The van der Waals surface area contributed by atoms with Crippen molar-refractivity contribution in [3.8, 4) is 0 Å². The van der Waals surface area contributed by atoms with Gasteiger partial charge in [0.25, 0.3) is 5.56 Å². The molecule has 2 heterocycles. The molecule has 1 fully saturated rings. The summed E-state index contributed by atoms with van der Waals surface area (Å²) >= 11 is 0. The van der Waals surface area contributed by atoms with Gasteiger partial charge in [0, 0.05) is 6.54 Å². The van der Waals surface area contributed by atoms with Gasteiger partial charge < -0.3 is 10.3 Å². The number of aryl methyl sites for hydroxylation is 1. The van der Waals surface area contributed by atoms with Gasteiger partial charge in [0.05, 0.1) is 6.33 Å². The van der Waals surface area contributed by atoms with Crippen LogP contribution in [0.4, 0.5) is 5.95 Å². The Bertz CT molecular complexity index is 595. The number of fused-ring (bicyclic) bond motifs is 1. The van der Waals surface area contributed by atoms with Crippen molar-refractivity contribution in [1.29, 1.82) is 0 Å². The van der Waals surface area contributed by atoms with Crippen molar-refractivity contribution in [3.63, 3.8) is 0 Å². The van der Waals surface area contributed by atoms with Gasteiger partial charge in [0.15, 0.2) is 11.2 Å². The quantitative estimate of drug-likeness (QED) is 0.823. The molecule has 0 spiro atoms. The third-order valence-electron chi connectivity index (χ3n) is 3.50. The van der Waals surface area contributed by atoms with E-state index in [0.717, 1.165) is 18.9 Å². The molecule has 0 aromatic carbocycles. The Kier molecular flexibility index (Phi) is 2.35. The van der Waals surface area contributed by atoms with E-state index in [-0.39, 0.29) is 11.5 Å². The summed E-state index contributed by atoms with van der Waals surface area (Å²) in [4.78, 5) is 22.2. The van der Waals surface area contributed by atoms with Gasteiger partial charge in [-0.15, -0.1) is 0 Å². The zero-order valence-corrected chi connectivity index (χ0v) is 9.52. The second-order valence-electron chi connectivity index (χ2n) is 4.65. The SMILES string of the molecule is Nc1nc2c(ncn2CCC2CCC2)c(=O)[nH]1. The molecule has 3 N–H and O–H groups in total. The fourth-order valence-corrected chi connectivity index (χ4v) is 2.24. The maximum absolute atomic E-state index is 11.6. The van der Waals surface area contributed by atoms with Gasteiger partial charge in [0.2, 0.25) is 5.95 Å². The molecule has 3 rings (SSSR count). The first-order chi connectivity index (χ1) is 8.24. The van der Waals surface area contributed by atoms with Gasteiger partial charge >= 0.3 is 0 Å². The van der Waals surface area contributed by atoms with Gasteiger partial charge in [-0.3, -0.25) is 9.78 Å². The predicted octanol–water partition coefficient (Wildman–Crippen LogP) is 0.892. The summed E-state index contributed by atoms with van der Waals surface area (Å²) in [5, 5.41) is 0. The minimum Gasteiger partial charge on any atom is -0.369 e.